The lowest BCUT2D eigenvalue weighted by atomic mass is 10.2. The maximum atomic E-state index is 12.1. The topological polar surface area (TPSA) is 62.7 Å². The molecule has 0 spiro atoms. The van der Waals surface area contributed by atoms with Crippen molar-refractivity contribution in [3.63, 3.8) is 0 Å². The number of anilines is 1. The summed E-state index contributed by atoms with van der Waals surface area (Å²) < 4.78 is 36.2. The summed E-state index contributed by atoms with van der Waals surface area (Å²) in [6.07, 6.45) is -4.57. The van der Waals surface area contributed by atoms with Crippen molar-refractivity contribution < 1.29 is 13.2 Å². The fourth-order valence-electron chi connectivity index (χ4n) is 0.754. The Balaban J connectivity index is 3.26. The quantitative estimate of drug-likeness (QED) is 0.670. The number of hydrogen-bond acceptors (Lipinski definition) is 3. The van der Waals surface area contributed by atoms with Crippen molar-refractivity contribution in [3.8, 4) is 6.07 Å². The molecule has 13 heavy (non-hydrogen) atoms. The van der Waals surface area contributed by atoms with Crippen molar-refractivity contribution in [2.24, 2.45) is 0 Å². The summed E-state index contributed by atoms with van der Waals surface area (Å²) in [5.41, 5.74) is 3.53. The molecule has 6 heteroatoms. The number of nitriles is 1. The van der Waals surface area contributed by atoms with Gasteiger partial charge in [0.15, 0.2) is 0 Å². The van der Waals surface area contributed by atoms with Crippen molar-refractivity contribution in [2.45, 2.75) is 6.18 Å². The Kier molecular flexibility index (Phi) is 2.10. The van der Waals surface area contributed by atoms with Crippen molar-refractivity contribution in [1.82, 2.24) is 4.98 Å². The van der Waals surface area contributed by atoms with Crippen LogP contribution in [0.25, 0.3) is 0 Å². The summed E-state index contributed by atoms with van der Waals surface area (Å²) in [6.45, 7) is 0. The zero-order valence-electron chi connectivity index (χ0n) is 6.26. The maximum Gasteiger partial charge on any atom is 0.433 e. The SMILES string of the molecule is N#Cc1cc(N)cc(C(F)(F)F)n1. The molecule has 2 N–H and O–H groups in total. The van der Waals surface area contributed by atoms with Gasteiger partial charge in [0.1, 0.15) is 17.5 Å². The van der Waals surface area contributed by atoms with Crippen LogP contribution in [0.1, 0.15) is 11.4 Å². The molecule has 0 saturated carbocycles. The second kappa shape index (κ2) is 2.94. The van der Waals surface area contributed by atoms with Crippen LogP contribution < -0.4 is 5.73 Å². The van der Waals surface area contributed by atoms with E-state index in [-0.39, 0.29) is 11.4 Å². The molecule has 1 aromatic heterocycles. The van der Waals surface area contributed by atoms with Gasteiger partial charge < -0.3 is 5.73 Å². The number of pyridine rings is 1. The standard InChI is InChI=1S/C7H4F3N3/c8-7(9,10)6-2-4(12)1-5(3-11)13-6/h1-2H,(H2,12,13). The second-order valence-corrected chi connectivity index (χ2v) is 2.28. The third kappa shape index (κ3) is 2.08. The lowest BCUT2D eigenvalue weighted by Crippen LogP contribution is -2.09. The average molecular weight is 187 g/mol. The van der Waals surface area contributed by atoms with E-state index in [9.17, 15) is 13.2 Å². The lowest BCUT2D eigenvalue weighted by Gasteiger charge is -2.05. The monoisotopic (exact) mass is 187 g/mol. The van der Waals surface area contributed by atoms with Crippen LogP contribution in [0.2, 0.25) is 0 Å². The summed E-state index contributed by atoms with van der Waals surface area (Å²) in [7, 11) is 0. The molecule has 1 heterocycles. The van der Waals surface area contributed by atoms with Gasteiger partial charge >= 0.3 is 6.18 Å². The number of alkyl halides is 3. The Morgan fingerprint density at radius 3 is 2.46 bits per heavy atom. The molecule has 0 fully saturated rings. The first-order chi connectivity index (χ1) is 5.93. The van der Waals surface area contributed by atoms with Gasteiger partial charge in [-0.15, -0.1) is 0 Å². The first-order valence-corrected chi connectivity index (χ1v) is 3.18. The molecule has 1 rings (SSSR count). The number of hydrogen-bond donors (Lipinski definition) is 1. The number of nitrogens with two attached hydrogens (primary N) is 1. The molecule has 1 aromatic rings. The van der Waals surface area contributed by atoms with E-state index in [1.165, 1.54) is 6.07 Å². The van der Waals surface area contributed by atoms with E-state index >= 15 is 0 Å². The molecular formula is C7H4F3N3. The number of halogens is 3. The van der Waals surface area contributed by atoms with Crippen molar-refractivity contribution >= 4 is 5.69 Å². The van der Waals surface area contributed by atoms with E-state index in [4.69, 9.17) is 11.0 Å². The van der Waals surface area contributed by atoms with Gasteiger partial charge in [0.2, 0.25) is 0 Å². The van der Waals surface area contributed by atoms with E-state index < -0.39 is 11.9 Å². The molecule has 3 nitrogen and oxygen atoms in total. The zero-order valence-corrected chi connectivity index (χ0v) is 6.26. The minimum atomic E-state index is -4.57. The summed E-state index contributed by atoms with van der Waals surface area (Å²) in [4.78, 5) is 3.06. The van der Waals surface area contributed by atoms with E-state index in [2.05, 4.69) is 4.98 Å². The molecular weight excluding hydrogens is 183 g/mol. The van der Waals surface area contributed by atoms with Crippen LogP contribution in [0.15, 0.2) is 12.1 Å². The Labute approximate surface area is 71.6 Å². The molecule has 0 atom stereocenters. The Morgan fingerprint density at radius 2 is 2.00 bits per heavy atom. The third-order valence-corrected chi connectivity index (χ3v) is 1.25. The molecule has 0 unspecified atom stereocenters. The zero-order chi connectivity index (χ0) is 10.1. The average Bonchev–Trinajstić information content (AvgIpc) is 2.01. The van der Waals surface area contributed by atoms with Crippen molar-refractivity contribution in [3.05, 3.63) is 23.5 Å². The number of aromatic nitrogens is 1. The highest BCUT2D eigenvalue weighted by Crippen LogP contribution is 2.28. The van der Waals surface area contributed by atoms with Crippen LogP contribution in [0.5, 0.6) is 0 Å². The lowest BCUT2D eigenvalue weighted by molar-refractivity contribution is -0.141. The number of nitrogens with zero attached hydrogens (tertiary/aromatic N) is 2. The van der Waals surface area contributed by atoms with Crippen LogP contribution in [0.4, 0.5) is 18.9 Å². The molecule has 0 aromatic carbocycles. The van der Waals surface area contributed by atoms with Crippen LogP contribution >= 0.6 is 0 Å². The fourth-order valence-corrected chi connectivity index (χ4v) is 0.754. The minimum absolute atomic E-state index is 0.126. The second-order valence-electron chi connectivity index (χ2n) is 2.28. The Morgan fingerprint density at radius 1 is 1.38 bits per heavy atom. The predicted molar refractivity (Wildman–Crippen MR) is 38.4 cm³/mol. The van der Waals surface area contributed by atoms with E-state index in [1.54, 1.807) is 0 Å². The van der Waals surface area contributed by atoms with E-state index in [0.717, 1.165) is 6.07 Å². The number of nitrogen functional groups attached to an aromatic ring is 1. The van der Waals surface area contributed by atoms with Gasteiger partial charge in [-0.2, -0.15) is 18.4 Å². The first-order valence-electron chi connectivity index (χ1n) is 3.18. The highest BCUT2D eigenvalue weighted by Gasteiger charge is 2.33. The smallest absolute Gasteiger partial charge is 0.399 e. The molecule has 0 amide bonds. The highest BCUT2D eigenvalue weighted by molar-refractivity contribution is 5.44. The van der Waals surface area contributed by atoms with E-state index in [1.807, 2.05) is 0 Å². The molecule has 0 radical (unpaired) electrons. The van der Waals surface area contributed by atoms with Gasteiger partial charge in [0.05, 0.1) is 0 Å². The largest absolute Gasteiger partial charge is 0.433 e. The Bertz CT molecular complexity index is 364. The van der Waals surface area contributed by atoms with Crippen LogP contribution in [-0.2, 0) is 6.18 Å². The fraction of sp³-hybridized carbons (Fsp3) is 0.143. The van der Waals surface area contributed by atoms with Gasteiger partial charge in [0, 0.05) is 5.69 Å². The molecule has 0 aliphatic carbocycles. The normalized spacial score (nSPS) is 10.9. The molecule has 0 aliphatic heterocycles. The minimum Gasteiger partial charge on any atom is -0.399 e. The van der Waals surface area contributed by atoms with E-state index in [0.29, 0.717) is 6.07 Å². The summed E-state index contributed by atoms with van der Waals surface area (Å²) in [5.74, 6) is 0. The molecule has 0 bridgehead atoms. The van der Waals surface area contributed by atoms with Crippen LogP contribution in [0.3, 0.4) is 0 Å². The van der Waals surface area contributed by atoms with Gasteiger partial charge in [0.25, 0.3) is 0 Å². The Hall–Kier alpha value is -1.77. The van der Waals surface area contributed by atoms with Gasteiger partial charge in [-0.05, 0) is 12.1 Å². The molecule has 68 valence electrons. The van der Waals surface area contributed by atoms with Crippen LogP contribution in [-0.4, -0.2) is 4.98 Å². The number of rotatable bonds is 0. The third-order valence-electron chi connectivity index (χ3n) is 1.25. The molecule has 0 aliphatic rings. The summed E-state index contributed by atoms with van der Waals surface area (Å²) in [6, 6.07) is 3.25. The predicted octanol–water partition coefficient (Wildman–Crippen LogP) is 1.55. The van der Waals surface area contributed by atoms with Gasteiger partial charge in [-0.1, -0.05) is 0 Å². The van der Waals surface area contributed by atoms with Crippen molar-refractivity contribution in [2.75, 3.05) is 5.73 Å². The van der Waals surface area contributed by atoms with Crippen molar-refractivity contribution in [1.29, 1.82) is 5.26 Å². The first kappa shape index (κ1) is 9.32. The van der Waals surface area contributed by atoms with Gasteiger partial charge in [-0.25, -0.2) is 4.98 Å². The van der Waals surface area contributed by atoms with Crippen LogP contribution in [0, 0.1) is 11.3 Å². The summed E-state index contributed by atoms with van der Waals surface area (Å²) >= 11 is 0. The molecule has 0 saturated heterocycles. The summed E-state index contributed by atoms with van der Waals surface area (Å²) in [5, 5.41) is 8.32. The highest BCUT2D eigenvalue weighted by atomic mass is 19.4. The maximum absolute atomic E-state index is 12.1. The van der Waals surface area contributed by atoms with Gasteiger partial charge in [-0.3, -0.25) is 0 Å².